The van der Waals surface area contributed by atoms with Crippen LogP contribution in [0, 0.1) is 0 Å². The summed E-state index contributed by atoms with van der Waals surface area (Å²) in [5.74, 6) is 0.875. The first kappa shape index (κ1) is 18.7. The Kier molecular flexibility index (Phi) is 6.04. The molecule has 2 aromatic carbocycles. The van der Waals surface area contributed by atoms with Crippen molar-refractivity contribution >= 4 is 22.5 Å². The minimum atomic E-state index is 0.875. The molecule has 1 aromatic heterocycles. The van der Waals surface area contributed by atoms with Gasteiger partial charge in [0.2, 0.25) is 0 Å². The van der Waals surface area contributed by atoms with Gasteiger partial charge in [-0.15, -0.1) is 11.3 Å². The predicted molar refractivity (Wildman–Crippen MR) is 117 cm³/mol. The van der Waals surface area contributed by atoms with Crippen LogP contribution >= 0.6 is 11.3 Å². The number of hydrogen-bond donors (Lipinski definition) is 1. The molecule has 1 fully saturated rings. The summed E-state index contributed by atoms with van der Waals surface area (Å²) in [5, 5.41) is 3.28. The molecule has 1 aliphatic heterocycles. The summed E-state index contributed by atoms with van der Waals surface area (Å²) in [5.41, 5.74) is 3.45. The molecule has 0 unspecified atom stereocenters. The monoisotopic (exact) mass is 392 g/mol. The summed E-state index contributed by atoms with van der Waals surface area (Å²) < 4.78 is 5.24. The number of anilines is 1. The second-order valence-electron chi connectivity index (χ2n) is 7.00. The van der Waals surface area contributed by atoms with Crippen molar-refractivity contribution in [2.24, 2.45) is 0 Å². The number of benzene rings is 2. The highest BCUT2D eigenvalue weighted by Gasteiger charge is 2.21. The Morgan fingerprint density at radius 1 is 1.07 bits per heavy atom. The number of ether oxygens (including phenoxy) is 1. The van der Waals surface area contributed by atoms with Crippen LogP contribution in [0.15, 0.2) is 66.1 Å². The van der Waals surface area contributed by atoms with E-state index in [0.717, 1.165) is 54.9 Å². The average Bonchev–Trinajstić information content (AvgIpc) is 3.25. The Bertz CT molecular complexity index is 897. The largest absolute Gasteiger partial charge is 0.497 e. The van der Waals surface area contributed by atoms with Gasteiger partial charge in [0, 0.05) is 10.9 Å². The standard InChI is InChI=1S/C23H25N3OS/c1-27-21-11-9-20(10-12-21)22-18-28-23(24-22)26-16-14-25(15-17-26)13-5-8-19-6-3-2-4-7-19/h2-12,18H,13-17H2,1H3/p+1/b8-5+. The van der Waals surface area contributed by atoms with E-state index >= 15 is 0 Å². The molecule has 144 valence electrons. The van der Waals surface area contributed by atoms with Crippen molar-refractivity contribution < 1.29 is 9.64 Å². The van der Waals surface area contributed by atoms with Crippen LogP contribution in [0.4, 0.5) is 5.13 Å². The van der Waals surface area contributed by atoms with Crippen LogP contribution in [0.2, 0.25) is 0 Å². The fourth-order valence-electron chi connectivity index (χ4n) is 3.45. The highest BCUT2D eigenvalue weighted by Crippen LogP contribution is 2.28. The van der Waals surface area contributed by atoms with E-state index in [1.54, 1.807) is 23.3 Å². The molecule has 28 heavy (non-hydrogen) atoms. The first-order valence-electron chi connectivity index (χ1n) is 9.72. The van der Waals surface area contributed by atoms with Crippen LogP contribution < -0.4 is 14.5 Å². The van der Waals surface area contributed by atoms with Crippen molar-refractivity contribution in [3.8, 4) is 17.0 Å². The molecule has 0 atom stereocenters. The highest BCUT2D eigenvalue weighted by atomic mass is 32.1. The number of methoxy groups -OCH3 is 1. The second-order valence-corrected chi connectivity index (χ2v) is 7.83. The summed E-state index contributed by atoms with van der Waals surface area (Å²) >= 11 is 1.74. The first-order valence-corrected chi connectivity index (χ1v) is 10.6. The van der Waals surface area contributed by atoms with Gasteiger partial charge in [-0.1, -0.05) is 36.4 Å². The lowest BCUT2D eigenvalue weighted by molar-refractivity contribution is -0.894. The topological polar surface area (TPSA) is 29.8 Å². The summed E-state index contributed by atoms with van der Waals surface area (Å²) in [6, 6.07) is 18.6. The zero-order chi connectivity index (χ0) is 19.2. The molecule has 1 aliphatic rings. The lowest BCUT2D eigenvalue weighted by Gasteiger charge is -2.31. The van der Waals surface area contributed by atoms with Crippen LogP contribution in [0.25, 0.3) is 17.3 Å². The molecular formula is C23H26N3OS+. The number of rotatable bonds is 6. The molecule has 0 radical (unpaired) electrons. The quantitative estimate of drug-likeness (QED) is 0.698. The number of nitrogens with zero attached hydrogens (tertiary/aromatic N) is 2. The van der Waals surface area contributed by atoms with Gasteiger partial charge in [-0.2, -0.15) is 0 Å². The summed E-state index contributed by atoms with van der Waals surface area (Å²) in [6.45, 7) is 5.50. The van der Waals surface area contributed by atoms with Gasteiger partial charge in [0.05, 0.1) is 45.5 Å². The van der Waals surface area contributed by atoms with Crippen molar-refractivity contribution in [1.29, 1.82) is 0 Å². The van der Waals surface area contributed by atoms with Gasteiger partial charge < -0.3 is 14.5 Å². The summed E-state index contributed by atoms with van der Waals surface area (Å²) in [6.07, 6.45) is 4.52. The Morgan fingerprint density at radius 3 is 2.54 bits per heavy atom. The Balaban J connectivity index is 1.30. The predicted octanol–water partition coefficient (Wildman–Crippen LogP) is 3.24. The van der Waals surface area contributed by atoms with Crippen molar-refractivity contribution in [3.05, 3.63) is 71.6 Å². The van der Waals surface area contributed by atoms with Gasteiger partial charge >= 0.3 is 0 Å². The lowest BCUT2D eigenvalue weighted by atomic mass is 10.2. The zero-order valence-electron chi connectivity index (χ0n) is 16.2. The van der Waals surface area contributed by atoms with Crippen molar-refractivity contribution in [2.45, 2.75) is 0 Å². The second kappa shape index (κ2) is 9.04. The van der Waals surface area contributed by atoms with Gasteiger partial charge in [-0.3, -0.25) is 0 Å². The van der Waals surface area contributed by atoms with E-state index in [1.807, 2.05) is 12.1 Å². The smallest absolute Gasteiger partial charge is 0.186 e. The van der Waals surface area contributed by atoms with Gasteiger partial charge in [0.15, 0.2) is 5.13 Å². The molecular weight excluding hydrogens is 366 g/mol. The molecule has 5 heteroatoms. The van der Waals surface area contributed by atoms with Crippen molar-refractivity contribution in [1.82, 2.24) is 4.98 Å². The Hall–Kier alpha value is -2.63. The number of piperazine rings is 1. The van der Waals surface area contributed by atoms with E-state index < -0.39 is 0 Å². The highest BCUT2D eigenvalue weighted by molar-refractivity contribution is 7.14. The average molecular weight is 393 g/mol. The number of thiazole rings is 1. The molecule has 2 heterocycles. The Labute approximate surface area is 170 Å². The van der Waals surface area contributed by atoms with E-state index in [-0.39, 0.29) is 0 Å². The van der Waals surface area contributed by atoms with Crippen LogP contribution in [0.5, 0.6) is 5.75 Å². The molecule has 4 rings (SSSR count). The van der Waals surface area contributed by atoms with E-state index in [4.69, 9.17) is 9.72 Å². The molecule has 3 aromatic rings. The number of aromatic nitrogens is 1. The molecule has 0 bridgehead atoms. The molecule has 0 aliphatic carbocycles. The lowest BCUT2D eigenvalue weighted by Crippen LogP contribution is -3.14. The zero-order valence-corrected chi connectivity index (χ0v) is 17.0. The maximum atomic E-state index is 5.24. The van der Waals surface area contributed by atoms with Gasteiger partial charge in [-0.25, -0.2) is 4.98 Å². The fraction of sp³-hybridized carbons (Fsp3) is 0.261. The van der Waals surface area contributed by atoms with E-state index in [0.29, 0.717) is 0 Å². The van der Waals surface area contributed by atoms with Crippen LogP contribution in [0.3, 0.4) is 0 Å². The van der Waals surface area contributed by atoms with Crippen LogP contribution in [-0.2, 0) is 0 Å². The third kappa shape index (κ3) is 4.61. The molecule has 0 saturated carbocycles. The van der Waals surface area contributed by atoms with Crippen LogP contribution in [-0.4, -0.2) is 44.8 Å². The Morgan fingerprint density at radius 2 is 1.82 bits per heavy atom. The van der Waals surface area contributed by atoms with Gasteiger partial charge in [-0.05, 0) is 35.9 Å². The fourth-order valence-corrected chi connectivity index (χ4v) is 4.34. The number of nitrogens with one attached hydrogen (secondary N) is 1. The van der Waals surface area contributed by atoms with E-state index in [1.165, 1.54) is 5.56 Å². The maximum absolute atomic E-state index is 5.24. The minimum Gasteiger partial charge on any atom is -0.497 e. The molecule has 0 spiro atoms. The third-order valence-electron chi connectivity index (χ3n) is 5.14. The molecule has 0 amide bonds. The third-order valence-corrected chi connectivity index (χ3v) is 6.04. The van der Waals surface area contributed by atoms with Gasteiger partial charge in [0.1, 0.15) is 5.75 Å². The molecule has 4 nitrogen and oxygen atoms in total. The summed E-state index contributed by atoms with van der Waals surface area (Å²) in [7, 11) is 1.69. The van der Waals surface area contributed by atoms with Crippen LogP contribution in [0.1, 0.15) is 5.56 Å². The SMILES string of the molecule is COc1ccc(-c2csc(N3CC[NH+](C/C=C/c4ccccc4)CC3)n2)cc1. The maximum Gasteiger partial charge on any atom is 0.186 e. The molecule has 1 saturated heterocycles. The van der Waals surface area contributed by atoms with E-state index in [9.17, 15) is 0 Å². The number of hydrogen-bond acceptors (Lipinski definition) is 4. The first-order chi connectivity index (χ1) is 13.8. The molecule has 1 N–H and O–H groups in total. The summed E-state index contributed by atoms with van der Waals surface area (Å²) in [4.78, 5) is 8.92. The van der Waals surface area contributed by atoms with Crippen molar-refractivity contribution in [2.75, 3.05) is 44.7 Å². The number of quaternary nitrogens is 1. The minimum absolute atomic E-state index is 0.875. The van der Waals surface area contributed by atoms with Crippen molar-refractivity contribution in [3.63, 3.8) is 0 Å². The normalized spacial score (nSPS) is 15.2. The van der Waals surface area contributed by atoms with E-state index in [2.05, 4.69) is 64.9 Å². The van der Waals surface area contributed by atoms with Gasteiger partial charge in [0.25, 0.3) is 0 Å².